The van der Waals surface area contributed by atoms with Gasteiger partial charge >= 0.3 is 0 Å². The van der Waals surface area contributed by atoms with Crippen molar-refractivity contribution in [2.75, 3.05) is 18.0 Å². The Labute approximate surface area is 176 Å². The highest BCUT2D eigenvalue weighted by Crippen LogP contribution is 2.41. The number of nitrogens with one attached hydrogen (secondary N) is 1. The van der Waals surface area contributed by atoms with Gasteiger partial charge in [0.1, 0.15) is 0 Å². The molecule has 5 heteroatoms. The molecule has 2 aliphatic rings. The first kappa shape index (κ1) is 19.1. The van der Waals surface area contributed by atoms with E-state index in [0.717, 1.165) is 48.1 Å². The summed E-state index contributed by atoms with van der Waals surface area (Å²) in [4.78, 5) is 18.9. The van der Waals surface area contributed by atoms with E-state index in [4.69, 9.17) is 4.98 Å². The van der Waals surface area contributed by atoms with Crippen LogP contribution in [0.1, 0.15) is 19.8 Å². The van der Waals surface area contributed by atoms with E-state index in [1.165, 1.54) is 12.6 Å². The molecule has 2 heterocycles. The van der Waals surface area contributed by atoms with Crippen LogP contribution in [0.15, 0.2) is 60.7 Å². The summed E-state index contributed by atoms with van der Waals surface area (Å²) in [5.41, 5.74) is 4.30. The zero-order valence-electron chi connectivity index (χ0n) is 17.2. The fraction of sp³-hybridized carbons (Fsp3) is 0.360. The Morgan fingerprint density at radius 3 is 2.50 bits per heavy atom. The SMILES string of the molecule is CC(=O)N[C@@H]1C[C@@H]2CN(c3cc(-c4ccccc4)nc4ccccc34)C[C@@H]2C[C@H]1O. The lowest BCUT2D eigenvalue weighted by Gasteiger charge is -2.35. The molecule has 1 aliphatic carbocycles. The molecule has 0 radical (unpaired) electrons. The van der Waals surface area contributed by atoms with Crippen molar-refractivity contribution in [3.05, 3.63) is 60.7 Å². The molecule has 0 spiro atoms. The first-order valence-corrected chi connectivity index (χ1v) is 10.7. The third kappa shape index (κ3) is 3.54. The van der Waals surface area contributed by atoms with Gasteiger partial charge in [-0.2, -0.15) is 0 Å². The Kier molecular flexibility index (Phi) is 4.91. The van der Waals surface area contributed by atoms with Crippen molar-refractivity contribution < 1.29 is 9.90 Å². The number of hydrogen-bond donors (Lipinski definition) is 2. The maximum absolute atomic E-state index is 11.5. The molecular weight excluding hydrogens is 374 g/mol. The highest BCUT2D eigenvalue weighted by molar-refractivity contribution is 5.94. The van der Waals surface area contributed by atoms with Crippen LogP contribution in [0, 0.1) is 11.8 Å². The molecule has 2 fully saturated rings. The number of rotatable bonds is 3. The zero-order chi connectivity index (χ0) is 20.7. The van der Waals surface area contributed by atoms with E-state index in [9.17, 15) is 9.90 Å². The summed E-state index contributed by atoms with van der Waals surface area (Å²) in [7, 11) is 0. The molecule has 1 amide bonds. The van der Waals surface area contributed by atoms with Crippen LogP contribution in [0.4, 0.5) is 5.69 Å². The average molecular weight is 402 g/mol. The predicted octanol–water partition coefficient (Wildman–Crippen LogP) is 3.61. The molecule has 1 saturated carbocycles. The minimum Gasteiger partial charge on any atom is -0.391 e. The monoisotopic (exact) mass is 401 g/mol. The van der Waals surface area contributed by atoms with Gasteiger partial charge in [-0.3, -0.25) is 4.79 Å². The Balaban J connectivity index is 1.49. The van der Waals surface area contributed by atoms with Crippen LogP contribution in [-0.2, 0) is 4.79 Å². The van der Waals surface area contributed by atoms with Crippen LogP contribution < -0.4 is 10.2 Å². The number of para-hydroxylation sites is 1. The smallest absolute Gasteiger partial charge is 0.217 e. The second-order valence-electron chi connectivity index (χ2n) is 8.68. The van der Waals surface area contributed by atoms with Gasteiger partial charge in [-0.25, -0.2) is 4.98 Å². The van der Waals surface area contributed by atoms with Crippen LogP contribution >= 0.6 is 0 Å². The Morgan fingerprint density at radius 2 is 1.73 bits per heavy atom. The number of aliphatic hydroxyl groups is 1. The van der Waals surface area contributed by atoms with E-state index in [0.29, 0.717) is 11.8 Å². The fourth-order valence-corrected chi connectivity index (χ4v) is 5.22. The van der Waals surface area contributed by atoms with E-state index in [1.54, 1.807) is 0 Å². The second-order valence-corrected chi connectivity index (χ2v) is 8.68. The number of nitrogens with zero attached hydrogens (tertiary/aromatic N) is 2. The van der Waals surface area contributed by atoms with Gasteiger partial charge in [0, 0.05) is 36.7 Å². The number of aromatic nitrogens is 1. The normalized spacial score (nSPS) is 25.9. The van der Waals surface area contributed by atoms with E-state index in [1.807, 2.05) is 24.3 Å². The standard InChI is InChI=1S/C25H27N3O2/c1-16(29)26-23-11-18-14-28(15-19(18)12-25(23)30)24-13-22(17-7-3-2-4-8-17)27-21-10-6-5-9-20(21)24/h2-10,13,18-19,23,25,30H,11-12,14-15H2,1H3,(H,26,29)/t18-,19+,23-,25-/m1/s1. The first-order chi connectivity index (χ1) is 14.6. The summed E-state index contributed by atoms with van der Waals surface area (Å²) in [6.07, 6.45) is 1.10. The number of fused-ring (bicyclic) bond motifs is 2. The number of benzene rings is 2. The van der Waals surface area contributed by atoms with Gasteiger partial charge in [-0.05, 0) is 36.8 Å². The minimum absolute atomic E-state index is 0.0695. The van der Waals surface area contributed by atoms with Crippen LogP contribution in [0.25, 0.3) is 22.2 Å². The summed E-state index contributed by atoms with van der Waals surface area (Å²) in [5.74, 6) is 0.842. The van der Waals surface area contributed by atoms with Crippen LogP contribution in [-0.4, -0.2) is 41.2 Å². The summed E-state index contributed by atoms with van der Waals surface area (Å²) in [6.45, 7) is 3.39. The molecule has 3 aromatic rings. The van der Waals surface area contributed by atoms with Crippen molar-refractivity contribution in [1.29, 1.82) is 0 Å². The Bertz CT molecular complexity index is 1070. The minimum atomic E-state index is -0.468. The lowest BCUT2D eigenvalue weighted by Crippen LogP contribution is -2.48. The number of hydrogen-bond acceptors (Lipinski definition) is 4. The molecule has 4 atom stereocenters. The van der Waals surface area contributed by atoms with Crippen molar-refractivity contribution in [2.24, 2.45) is 11.8 Å². The maximum atomic E-state index is 11.5. The summed E-state index contributed by atoms with van der Waals surface area (Å²) < 4.78 is 0. The molecule has 154 valence electrons. The van der Waals surface area contributed by atoms with E-state index in [2.05, 4.69) is 46.6 Å². The van der Waals surface area contributed by atoms with Crippen LogP contribution in [0.3, 0.4) is 0 Å². The number of pyridine rings is 1. The topological polar surface area (TPSA) is 65.5 Å². The molecule has 2 N–H and O–H groups in total. The third-order valence-electron chi connectivity index (χ3n) is 6.64. The van der Waals surface area contributed by atoms with Gasteiger partial charge in [0.15, 0.2) is 0 Å². The molecule has 1 aromatic heterocycles. The summed E-state index contributed by atoms with van der Waals surface area (Å²) in [5, 5.41) is 14.6. The fourth-order valence-electron chi connectivity index (χ4n) is 5.22. The lowest BCUT2D eigenvalue weighted by molar-refractivity contribution is -0.121. The quantitative estimate of drug-likeness (QED) is 0.704. The largest absolute Gasteiger partial charge is 0.391 e. The molecule has 1 saturated heterocycles. The van der Waals surface area contributed by atoms with Crippen molar-refractivity contribution in [3.8, 4) is 11.3 Å². The third-order valence-corrected chi connectivity index (χ3v) is 6.64. The molecule has 0 bridgehead atoms. The van der Waals surface area contributed by atoms with Gasteiger partial charge in [0.25, 0.3) is 0 Å². The van der Waals surface area contributed by atoms with Crippen molar-refractivity contribution in [2.45, 2.75) is 31.9 Å². The number of carbonyl (C=O) groups excluding carboxylic acids is 1. The number of amides is 1. The number of anilines is 1. The van der Waals surface area contributed by atoms with Crippen LogP contribution in [0.2, 0.25) is 0 Å². The number of aliphatic hydroxyl groups excluding tert-OH is 1. The van der Waals surface area contributed by atoms with Gasteiger partial charge in [-0.15, -0.1) is 0 Å². The van der Waals surface area contributed by atoms with Crippen molar-refractivity contribution >= 4 is 22.5 Å². The van der Waals surface area contributed by atoms with Gasteiger partial charge in [0.05, 0.1) is 23.4 Å². The molecule has 5 rings (SSSR count). The Hall–Kier alpha value is -2.92. The number of carbonyl (C=O) groups is 1. The predicted molar refractivity (Wildman–Crippen MR) is 119 cm³/mol. The second kappa shape index (κ2) is 7.73. The molecule has 1 aliphatic heterocycles. The van der Waals surface area contributed by atoms with Crippen molar-refractivity contribution in [1.82, 2.24) is 10.3 Å². The zero-order valence-corrected chi connectivity index (χ0v) is 17.2. The highest BCUT2D eigenvalue weighted by atomic mass is 16.3. The average Bonchev–Trinajstić information content (AvgIpc) is 3.16. The van der Waals surface area contributed by atoms with E-state index in [-0.39, 0.29) is 11.9 Å². The van der Waals surface area contributed by atoms with Crippen molar-refractivity contribution in [3.63, 3.8) is 0 Å². The molecule has 2 aromatic carbocycles. The maximum Gasteiger partial charge on any atom is 0.217 e. The molecule has 0 unspecified atom stereocenters. The van der Waals surface area contributed by atoms with E-state index >= 15 is 0 Å². The van der Waals surface area contributed by atoms with E-state index < -0.39 is 6.10 Å². The summed E-state index contributed by atoms with van der Waals surface area (Å²) in [6, 6.07) is 20.7. The lowest BCUT2D eigenvalue weighted by atomic mass is 9.77. The summed E-state index contributed by atoms with van der Waals surface area (Å²) >= 11 is 0. The first-order valence-electron chi connectivity index (χ1n) is 10.7. The van der Waals surface area contributed by atoms with Gasteiger partial charge in [-0.1, -0.05) is 48.5 Å². The Morgan fingerprint density at radius 1 is 1.03 bits per heavy atom. The van der Waals surface area contributed by atoms with Crippen LogP contribution in [0.5, 0.6) is 0 Å². The molecule has 5 nitrogen and oxygen atoms in total. The van der Waals surface area contributed by atoms with Gasteiger partial charge < -0.3 is 15.3 Å². The molecule has 30 heavy (non-hydrogen) atoms. The molecular formula is C25H27N3O2. The van der Waals surface area contributed by atoms with Gasteiger partial charge in [0.2, 0.25) is 5.91 Å². The highest BCUT2D eigenvalue weighted by Gasteiger charge is 2.42.